The molecule has 1 aliphatic heterocycles. The fraction of sp³-hybridized carbons (Fsp3) is 0.235. The van der Waals surface area contributed by atoms with Gasteiger partial charge in [0.1, 0.15) is 23.0 Å². The number of aromatic hydroxyl groups is 2. The number of rotatable bonds is 3. The first-order valence-electron chi connectivity index (χ1n) is 7.07. The maximum absolute atomic E-state index is 11.9. The lowest BCUT2D eigenvalue weighted by molar-refractivity contribution is -0.135. The molecule has 0 fully saturated rings. The van der Waals surface area contributed by atoms with E-state index in [0.29, 0.717) is 18.1 Å². The molecule has 5 heteroatoms. The summed E-state index contributed by atoms with van der Waals surface area (Å²) in [6.07, 6.45) is 0.183. The lowest BCUT2D eigenvalue weighted by atomic mass is 9.85. The Morgan fingerprint density at radius 1 is 1.18 bits per heavy atom. The van der Waals surface area contributed by atoms with Crippen molar-refractivity contribution in [1.82, 2.24) is 0 Å². The van der Waals surface area contributed by atoms with E-state index in [1.54, 1.807) is 24.3 Å². The van der Waals surface area contributed by atoms with Crippen molar-refractivity contribution in [1.29, 1.82) is 0 Å². The largest absolute Gasteiger partial charge is 0.508 e. The van der Waals surface area contributed by atoms with Crippen LogP contribution in [0.1, 0.15) is 30.4 Å². The predicted octanol–water partition coefficient (Wildman–Crippen LogP) is 2.94. The highest BCUT2D eigenvalue weighted by Gasteiger charge is 2.32. The molecule has 0 unspecified atom stereocenters. The van der Waals surface area contributed by atoms with Crippen molar-refractivity contribution in [2.45, 2.75) is 19.3 Å². The van der Waals surface area contributed by atoms with Crippen molar-refractivity contribution >= 4 is 5.97 Å². The Labute approximate surface area is 127 Å². The number of esters is 1. The zero-order valence-electron chi connectivity index (χ0n) is 12.1. The summed E-state index contributed by atoms with van der Waals surface area (Å²) in [5, 5.41) is 19.2. The SMILES string of the molecule is CCOc1cc(O)cc2c1[C@H](c1ccc(O)cc1)CC(=O)O2. The summed E-state index contributed by atoms with van der Waals surface area (Å²) in [4.78, 5) is 11.9. The molecule has 0 amide bonds. The fourth-order valence-electron chi connectivity index (χ4n) is 2.71. The lowest BCUT2D eigenvalue weighted by Crippen LogP contribution is -2.21. The first-order valence-corrected chi connectivity index (χ1v) is 7.07. The number of ether oxygens (including phenoxy) is 2. The second-order valence-corrected chi connectivity index (χ2v) is 5.11. The maximum atomic E-state index is 11.9. The highest BCUT2D eigenvalue weighted by Crippen LogP contribution is 2.46. The second-order valence-electron chi connectivity index (χ2n) is 5.11. The number of benzene rings is 2. The van der Waals surface area contributed by atoms with Gasteiger partial charge in [0.15, 0.2) is 0 Å². The van der Waals surface area contributed by atoms with Gasteiger partial charge in [0.2, 0.25) is 0 Å². The molecule has 1 atom stereocenters. The van der Waals surface area contributed by atoms with Crippen LogP contribution in [0, 0.1) is 0 Å². The van der Waals surface area contributed by atoms with Gasteiger partial charge in [-0.15, -0.1) is 0 Å². The number of hydrogen-bond acceptors (Lipinski definition) is 5. The van der Waals surface area contributed by atoms with Crippen LogP contribution in [0.5, 0.6) is 23.0 Å². The van der Waals surface area contributed by atoms with Crippen LogP contribution < -0.4 is 9.47 Å². The molecule has 1 aliphatic rings. The van der Waals surface area contributed by atoms with E-state index in [0.717, 1.165) is 11.1 Å². The van der Waals surface area contributed by atoms with E-state index in [-0.39, 0.29) is 29.8 Å². The van der Waals surface area contributed by atoms with Gasteiger partial charge >= 0.3 is 5.97 Å². The van der Waals surface area contributed by atoms with Gasteiger partial charge in [-0.1, -0.05) is 12.1 Å². The summed E-state index contributed by atoms with van der Waals surface area (Å²) < 4.78 is 10.8. The molecule has 0 radical (unpaired) electrons. The van der Waals surface area contributed by atoms with Gasteiger partial charge in [0.25, 0.3) is 0 Å². The van der Waals surface area contributed by atoms with E-state index in [4.69, 9.17) is 9.47 Å². The van der Waals surface area contributed by atoms with Gasteiger partial charge in [0, 0.05) is 23.6 Å². The van der Waals surface area contributed by atoms with Gasteiger partial charge in [-0.25, -0.2) is 0 Å². The minimum atomic E-state index is -0.362. The molecular weight excluding hydrogens is 284 g/mol. The van der Waals surface area contributed by atoms with E-state index >= 15 is 0 Å². The number of hydrogen-bond donors (Lipinski definition) is 2. The molecule has 1 heterocycles. The molecule has 0 aliphatic carbocycles. The summed E-state index contributed by atoms with van der Waals surface area (Å²) in [6.45, 7) is 2.28. The van der Waals surface area contributed by atoms with Crippen molar-refractivity contribution in [2.24, 2.45) is 0 Å². The third-order valence-electron chi connectivity index (χ3n) is 3.63. The Morgan fingerprint density at radius 3 is 2.59 bits per heavy atom. The third-order valence-corrected chi connectivity index (χ3v) is 3.63. The summed E-state index contributed by atoms with van der Waals surface area (Å²) in [7, 11) is 0. The number of fused-ring (bicyclic) bond motifs is 1. The van der Waals surface area contributed by atoms with Gasteiger partial charge in [-0.2, -0.15) is 0 Å². The minimum Gasteiger partial charge on any atom is -0.508 e. The molecule has 0 saturated carbocycles. The molecule has 3 rings (SSSR count). The number of phenols is 2. The van der Waals surface area contributed by atoms with E-state index < -0.39 is 0 Å². The molecule has 5 nitrogen and oxygen atoms in total. The fourth-order valence-corrected chi connectivity index (χ4v) is 2.71. The van der Waals surface area contributed by atoms with Gasteiger partial charge in [-0.05, 0) is 24.6 Å². The van der Waals surface area contributed by atoms with Crippen LogP contribution in [-0.2, 0) is 4.79 Å². The van der Waals surface area contributed by atoms with Crippen molar-refractivity contribution in [3.05, 3.63) is 47.5 Å². The van der Waals surface area contributed by atoms with Crippen LogP contribution in [-0.4, -0.2) is 22.8 Å². The van der Waals surface area contributed by atoms with Crippen molar-refractivity contribution < 1.29 is 24.5 Å². The summed E-state index contributed by atoms with van der Waals surface area (Å²) in [5.74, 6) is 0.373. The monoisotopic (exact) mass is 300 g/mol. The average Bonchev–Trinajstić information content (AvgIpc) is 2.46. The van der Waals surface area contributed by atoms with Crippen molar-refractivity contribution in [2.75, 3.05) is 6.61 Å². The summed E-state index contributed by atoms with van der Waals surface area (Å²) in [6, 6.07) is 9.64. The molecule has 0 saturated heterocycles. The topological polar surface area (TPSA) is 76.0 Å². The zero-order chi connectivity index (χ0) is 15.7. The molecular formula is C17H16O5. The minimum absolute atomic E-state index is 0.0126. The molecule has 0 bridgehead atoms. The molecule has 2 aromatic rings. The smallest absolute Gasteiger partial charge is 0.312 e. The van der Waals surface area contributed by atoms with E-state index in [2.05, 4.69) is 0 Å². The highest BCUT2D eigenvalue weighted by molar-refractivity contribution is 5.79. The Kier molecular flexibility index (Phi) is 3.63. The summed E-state index contributed by atoms with van der Waals surface area (Å²) in [5.41, 5.74) is 1.62. The third kappa shape index (κ3) is 2.57. The normalized spacial score (nSPS) is 16.8. The highest BCUT2D eigenvalue weighted by atomic mass is 16.5. The first-order chi connectivity index (χ1) is 10.6. The Balaban J connectivity index is 2.14. The van der Waals surface area contributed by atoms with Crippen LogP contribution >= 0.6 is 0 Å². The van der Waals surface area contributed by atoms with Crippen LogP contribution in [0.2, 0.25) is 0 Å². The van der Waals surface area contributed by atoms with E-state index in [1.807, 2.05) is 6.92 Å². The van der Waals surface area contributed by atoms with Crippen LogP contribution in [0.25, 0.3) is 0 Å². The number of phenolic OH excluding ortho intramolecular Hbond substituents is 2. The number of carbonyl (C=O) groups excluding carboxylic acids is 1. The summed E-state index contributed by atoms with van der Waals surface area (Å²) >= 11 is 0. The molecule has 0 aromatic heterocycles. The quantitative estimate of drug-likeness (QED) is 0.673. The Hall–Kier alpha value is -2.69. The molecule has 2 N–H and O–H groups in total. The Bertz CT molecular complexity index is 706. The number of carbonyl (C=O) groups is 1. The van der Waals surface area contributed by atoms with Gasteiger partial charge < -0.3 is 19.7 Å². The Morgan fingerprint density at radius 2 is 1.91 bits per heavy atom. The molecule has 114 valence electrons. The zero-order valence-corrected chi connectivity index (χ0v) is 12.1. The van der Waals surface area contributed by atoms with Crippen molar-refractivity contribution in [3.63, 3.8) is 0 Å². The van der Waals surface area contributed by atoms with E-state index in [9.17, 15) is 15.0 Å². The molecule has 22 heavy (non-hydrogen) atoms. The maximum Gasteiger partial charge on any atom is 0.312 e. The van der Waals surface area contributed by atoms with Crippen LogP contribution in [0.3, 0.4) is 0 Å². The van der Waals surface area contributed by atoms with E-state index in [1.165, 1.54) is 12.1 Å². The van der Waals surface area contributed by atoms with Crippen LogP contribution in [0.15, 0.2) is 36.4 Å². The van der Waals surface area contributed by atoms with Gasteiger partial charge in [0.05, 0.1) is 13.0 Å². The van der Waals surface area contributed by atoms with Crippen LogP contribution in [0.4, 0.5) is 0 Å². The standard InChI is InChI=1S/C17H16O5/c1-2-21-14-7-12(19)8-15-17(14)13(9-16(20)22-15)10-3-5-11(18)6-4-10/h3-8,13,18-19H,2,9H2,1H3/t13-/m0/s1. The van der Waals surface area contributed by atoms with Crippen molar-refractivity contribution in [3.8, 4) is 23.0 Å². The second kappa shape index (κ2) is 5.60. The average molecular weight is 300 g/mol. The first kappa shape index (κ1) is 14.3. The molecule has 0 spiro atoms. The predicted molar refractivity (Wildman–Crippen MR) is 79.5 cm³/mol. The molecule has 2 aromatic carbocycles. The lowest BCUT2D eigenvalue weighted by Gasteiger charge is -2.27. The van der Waals surface area contributed by atoms with Gasteiger partial charge in [-0.3, -0.25) is 4.79 Å².